The monoisotopic (exact) mass is 433 g/mol. The summed E-state index contributed by atoms with van der Waals surface area (Å²) in [5.41, 5.74) is 0.500. The number of aryl methyl sites for hydroxylation is 1. The number of ether oxygens (including phenoxy) is 2. The fourth-order valence-electron chi connectivity index (χ4n) is 3.33. The van der Waals surface area contributed by atoms with Gasteiger partial charge in [0.2, 0.25) is 5.91 Å². The van der Waals surface area contributed by atoms with Crippen LogP contribution in [-0.2, 0) is 20.7 Å². The molecule has 0 saturated carbocycles. The second-order valence-corrected chi connectivity index (χ2v) is 8.54. The summed E-state index contributed by atoms with van der Waals surface area (Å²) in [6.45, 7) is 9.76. The third kappa shape index (κ3) is 8.47. The number of para-hydroxylation sites is 1. The molecule has 172 valence electrons. The van der Waals surface area contributed by atoms with Crippen LogP contribution in [0.1, 0.15) is 46.1 Å². The van der Waals surface area contributed by atoms with Gasteiger partial charge < -0.3 is 24.6 Å². The Bertz CT molecular complexity index is 760. The first kappa shape index (κ1) is 24.5. The molecule has 1 heterocycles. The molecule has 2 rings (SSSR count). The summed E-state index contributed by atoms with van der Waals surface area (Å²) in [6, 6.07) is 7.72. The predicted molar refractivity (Wildman–Crippen MR) is 118 cm³/mol. The molecule has 0 spiro atoms. The Labute approximate surface area is 184 Å². The standard InChI is InChI=1S/C23H35N3O5/c1-5-18-9-6-7-10-19(18)30-17-21(28)26-14-8-13-25(15-16-26)20(27)11-12-24-22(29)31-23(2,3)4/h6-7,9-10H,5,8,11-17H2,1-4H3,(H,24,29). The van der Waals surface area contributed by atoms with E-state index in [2.05, 4.69) is 5.32 Å². The molecule has 1 aromatic rings. The summed E-state index contributed by atoms with van der Waals surface area (Å²) in [4.78, 5) is 40.3. The molecular weight excluding hydrogens is 398 g/mol. The largest absolute Gasteiger partial charge is 0.483 e. The first-order chi connectivity index (χ1) is 14.7. The topological polar surface area (TPSA) is 88.2 Å². The SMILES string of the molecule is CCc1ccccc1OCC(=O)N1CCCN(C(=O)CCNC(=O)OC(C)(C)C)CC1. The number of rotatable bonds is 7. The summed E-state index contributed by atoms with van der Waals surface area (Å²) in [5.74, 6) is 0.618. The van der Waals surface area contributed by atoms with Crippen LogP contribution in [0.15, 0.2) is 24.3 Å². The van der Waals surface area contributed by atoms with Crippen LogP contribution in [0, 0.1) is 0 Å². The number of hydrogen-bond acceptors (Lipinski definition) is 5. The van der Waals surface area contributed by atoms with Gasteiger partial charge in [-0.3, -0.25) is 9.59 Å². The molecular formula is C23H35N3O5. The Hall–Kier alpha value is -2.77. The molecule has 3 amide bonds. The second-order valence-electron chi connectivity index (χ2n) is 8.54. The third-order valence-corrected chi connectivity index (χ3v) is 4.91. The molecule has 1 aliphatic heterocycles. The Morgan fingerprint density at radius 2 is 1.65 bits per heavy atom. The van der Waals surface area contributed by atoms with Gasteiger partial charge in [-0.15, -0.1) is 0 Å². The van der Waals surface area contributed by atoms with Crippen molar-refractivity contribution in [2.45, 2.75) is 52.6 Å². The molecule has 8 nitrogen and oxygen atoms in total. The molecule has 0 unspecified atom stereocenters. The lowest BCUT2D eigenvalue weighted by Gasteiger charge is -2.23. The molecule has 8 heteroatoms. The molecule has 1 aliphatic rings. The quantitative estimate of drug-likeness (QED) is 0.714. The van der Waals surface area contributed by atoms with Crippen LogP contribution < -0.4 is 10.1 Å². The smallest absolute Gasteiger partial charge is 0.407 e. The van der Waals surface area contributed by atoms with Gasteiger partial charge in [0.25, 0.3) is 5.91 Å². The molecule has 0 atom stereocenters. The van der Waals surface area contributed by atoms with Crippen molar-refractivity contribution in [2.75, 3.05) is 39.3 Å². The highest BCUT2D eigenvalue weighted by atomic mass is 16.6. The van der Waals surface area contributed by atoms with Gasteiger partial charge in [-0.2, -0.15) is 0 Å². The zero-order valence-corrected chi connectivity index (χ0v) is 19.1. The van der Waals surface area contributed by atoms with E-state index in [9.17, 15) is 14.4 Å². The second kappa shape index (κ2) is 11.6. The van der Waals surface area contributed by atoms with Crippen molar-refractivity contribution in [1.82, 2.24) is 15.1 Å². The van der Waals surface area contributed by atoms with Gasteiger partial charge in [0.15, 0.2) is 6.61 Å². The molecule has 31 heavy (non-hydrogen) atoms. The van der Waals surface area contributed by atoms with E-state index in [0.29, 0.717) is 32.6 Å². The Morgan fingerprint density at radius 3 is 2.29 bits per heavy atom. The Balaban J connectivity index is 1.75. The lowest BCUT2D eigenvalue weighted by molar-refractivity contribution is -0.134. The molecule has 0 aromatic heterocycles. The minimum absolute atomic E-state index is 0.00916. The van der Waals surface area contributed by atoms with E-state index in [1.165, 1.54) is 0 Å². The minimum Gasteiger partial charge on any atom is -0.483 e. The lowest BCUT2D eigenvalue weighted by Crippen LogP contribution is -2.40. The highest BCUT2D eigenvalue weighted by molar-refractivity contribution is 5.79. The zero-order valence-electron chi connectivity index (χ0n) is 19.1. The molecule has 1 saturated heterocycles. The number of nitrogens with zero attached hydrogens (tertiary/aromatic N) is 2. The molecule has 1 N–H and O–H groups in total. The van der Waals surface area contributed by atoms with Gasteiger partial charge >= 0.3 is 6.09 Å². The van der Waals surface area contributed by atoms with Crippen molar-refractivity contribution < 1.29 is 23.9 Å². The van der Waals surface area contributed by atoms with Crippen molar-refractivity contribution in [3.05, 3.63) is 29.8 Å². The molecule has 1 aromatic carbocycles. The van der Waals surface area contributed by atoms with Gasteiger partial charge in [-0.25, -0.2) is 4.79 Å². The molecule has 0 radical (unpaired) electrons. The summed E-state index contributed by atoms with van der Waals surface area (Å²) in [7, 11) is 0. The van der Waals surface area contributed by atoms with Gasteiger partial charge in [0, 0.05) is 39.1 Å². The maximum absolute atomic E-state index is 12.6. The number of nitrogens with one attached hydrogen (secondary N) is 1. The molecule has 1 fully saturated rings. The van der Waals surface area contributed by atoms with Crippen LogP contribution >= 0.6 is 0 Å². The zero-order chi connectivity index (χ0) is 22.9. The molecule has 0 bridgehead atoms. The van der Waals surface area contributed by atoms with Gasteiger partial charge in [-0.1, -0.05) is 25.1 Å². The van der Waals surface area contributed by atoms with Crippen molar-refractivity contribution in [1.29, 1.82) is 0 Å². The van der Waals surface area contributed by atoms with E-state index >= 15 is 0 Å². The number of alkyl carbamates (subject to hydrolysis) is 1. The number of hydrogen-bond donors (Lipinski definition) is 1. The van der Waals surface area contributed by atoms with E-state index in [1.54, 1.807) is 30.6 Å². The fraction of sp³-hybridized carbons (Fsp3) is 0.609. The summed E-state index contributed by atoms with van der Waals surface area (Å²) in [5, 5.41) is 2.60. The normalized spacial score (nSPS) is 14.6. The highest BCUT2D eigenvalue weighted by Gasteiger charge is 2.23. The van der Waals surface area contributed by atoms with Crippen LogP contribution in [0.5, 0.6) is 5.75 Å². The predicted octanol–water partition coefficient (Wildman–Crippen LogP) is 2.60. The first-order valence-corrected chi connectivity index (χ1v) is 10.9. The van der Waals surface area contributed by atoms with Gasteiger partial charge in [-0.05, 0) is 45.2 Å². The number of carbonyl (C=O) groups is 3. The van der Waals surface area contributed by atoms with Crippen molar-refractivity contribution in [3.63, 3.8) is 0 Å². The van der Waals surface area contributed by atoms with Crippen LogP contribution in [0.2, 0.25) is 0 Å². The van der Waals surface area contributed by atoms with Crippen LogP contribution in [0.4, 0.5) is 4.79 Å². The average molecular weight is 434 g/mol. The van der Waals surface area contributed by atoms with Crippen molar-refractivity contribution in [3.8, 4) is 5.75 Å². The average Bonchev–Trinajstić information content (AvgIpc) is 2.97. The number of amides is 3. The third-order valence-electron chi connectivity index (χ3n) is 4.91. The molecule has 0 aliphatic carbocycles. The van der Waals surface area contributed by atoms with E-state index in [1.807, 2.05) is 31.2 Å². The first-order valence-electron chi connectivity index (χ1n) is 10.9. The van der Waals surface area contributed by atoms with E-state index in [4.69, 9.17) is 9.47 Å². The summed E-state index contributed by atoms with van der Waals surface area (Å²) < 4.78 is 10.9. The van der Waals surface area contributed by atoms with Crippen LogP contribution in [-0.4, -0.2) is 72.6 Å². The maximum atomic E-state index is 12.6. The summed E-state index contributed by atoms with van der Waals surface area (Å²) >= 11 is 0. The van der Waals surface area contributed by atoms with Gasteiger partial charge in [0.05, 0.1) is 0 Å². The van der Waals surface area contributed by atoms with Crippen LogP contribution in [0.3, 0.4) is 0 Å². The maximum Gasteiger partial charge on any atom is 0.407 e. The van der Waals surface area contributed by atoms with Crippen molar-refractivity contribution in [2.24, 2.45) is 0 Å². The summed E-state index contributed by atoms with van der Waals surface area (Å²) in [6.07, 6.45) is 1.22. The minimum atomic E-state index is -0.572. The number of carbonyl (C=O) groups excluding carboxylic acids is 3. The highest BCUT2D eigenvalue weighted by Crippen LogP contribution is 2.18. The Kier molecular flexibility index (Phi) is 9.15. The number of benzene rings is 1. The van der Waals surface area contributed by atoms with E-state index in [0.717, 1.165) is 17.7 Å². The Morgan fingerprint density at radius 1 is 1.00 bits per heavy atom. The fourth-order valence-corrected chi connectivity index (χ4v) is 3.33. The van der Waals surface area contributed by atoms with E-state index < -0.39 is 11.7 Å². The van der Waals surface area contributed by atoms with Crippen molar-refractivity contribution >= 4 is 17.9 Å². The van der Waals surface area contributed by atoms with E-state index in [-0.39, 0.29) is 31.4 Å². The van der Waals surface area contributed by atoms with Crippen LogP contribution in [0.25, 0.3) is 0 Å². The lowest BCUT2D eigenvalue weighted by atomic mass is 10.1. The van der Waals surface area contributed by atoms with Gasteiger partial charge in [0.1, 0.15) is 11.4 Å².